The summed E-state index contributed by atoms with van der Waals surface area (Å²) in [5.74, 6) is 0.927. The fourth-order valence-electron chi connectivity index (χ4n) is 1.91. The van der Waals surface area contributed by atoms with Crippen molar-refractivity contribution in [1.82, 2.24) is 0 Å². The Bertz CT molecular complexity index is 156. The lowest BCUT2D eigenvalue weighted by Crippen LogP contribution is -2.25. The highest BCUT2D eigenvalue weighted by Crippen LogP contribution is 2.25. The second-order valence-corrected chi connectivity index (χ2v) is 7.19. The summed E-state index contributed by atoms with van der Waals surface area (Å²) in [5, 5.41) is 0. The maximum Gasteiger partial charge on any atom is 0.180 e. The van der Waals surface area contributed by atoms with Crippen molar-refractivity contribution in [3.8, 4) is 0 Å². The van der Waals surface area contributed by atoms with Crippen molar-refractivity contribution >= 4 is 28.0 Å². The van der Waals surface area contributed by atoms with Crippen molar-refractivity contribution in [3.05, 3.63) is 0 Å². The van der Waals surface area contributed by atoms with Crippen LogP contribution in [0.5, 0.6) is 0 Å². The van der Waals surface area contributed by atoms with Crippen molar-refractivity contribution in [3.63, 3.8) is 0 Å². The lowest BCUT2D eigenvalue weighted by molar-refractivity contribution is -0.108. The Kier molecular flexibility index (Phi) is 10.8. The van der Waals surface area contributed by atoms with Gasteiger partial charge in [-0.3, -0.25) is 0 Å². The van der Waals surface area contributed by atoms with Gasteiger partial charge in [-0.05, 0) is 30.7 Å². The molecule has 0 spiro atoms. The Morgan fingerprint density at radius 3 is 2.67 bits per heavy atom. The maximum absolute atomic E-state index is 10.6. The fourth-order valence-corrected chi connectivity index (χ4v) is 5.50. The fraction of sp³-hybridized carbons (Fsp3) is 0.909. The van der Waals surface area contributed by atoms with E-state index in [0.717, 1.165) is 44.0 Å². The monoisotopic (exact) mass is 248 g/mol. The van der Waals surface area contributed by atoms with E-state index in [1.807, 2.05) is 6.92 Å². The third-order valence-electron chi connectivity index (χ3n) is 2.61. The zero-order chi connectivity index (χ0) is 11.5. The molecular formula is C11H24O2SSi. The van der Waals surface area contributed by atoms with Gasteiger partial charge in [-0.15, -0.1) is 0 Å². The normalized spacial score (nSPS) is 14.9. The Hall–Kier alpha value is 0.197. The first-order valence-corrected chi connectivity index (χ1v) is 8.54. The van der Waals surface area contributed by atoms with Crippen LogP contribution in [0.3, 0.4) is 0 Å². The number of hydrogen-bond acceptors (Lipinski definition) is 3. The van der Waals surface area contributed by atoms with Gasteiger partial charge >= 0.3 is 0 Å². The van der Waals surface area contributed by atoms with E-state index >= 15 is 0 Å². The van der Waals surface area contributed by atoms with E-state index in [-0.39, 0.29) is 0 Å². The Morgan fingerprint density at radius 1 is 1.47 bits per heavy atom. The number of rotatable bonds is 10. The Balaban J connectivity index is 4.15. The predicted octanol–water partition coefficient (Wildman–Crippen LogP) is 2.83. The highest BCUT2D eigenvalue weighted by atomic mass is 32.1. The summed E-state index contributed by atoms with van der Waals surface area (Å²) in [5.41, 5.74) is 0.535. The van der Waals surface area contributed by atoms with Crippen LogP contribution in [0, 0.1) is 0 Å². The van der Waals surface area contributed by atoms with Gasteiger partial charge in [0.15, 0.2) is 9.04 Å². The van der Waals surface area contributed by atoms with Gasteiger partial charge in [-0.25, -0.2) is 0 Å². The minimum Gasteiger partial charge on any atom is -0.420 e. The van der Waals surface area contributed by atoms with Gasteiger partial charge in [0.05, 0.1) is 0 Å². The molecule has 15 heavy (non-hydrogen) atoms. The first-order valence-electron chi connectivity index (χ1n) is 5.96. The summed E-state index contributed by atoms with van der Waals surface area (Å²) in [4.78, 5) is 10.6. The topological polar surface area (TPSA) is 26.3 Å². The van der Waals surface area contributed by atoms with Crippen LogP contribution in [0.4, 0.5) is 0 Å². The van der Waals surface area contributed by atoms with Gasteiger partial charge in [0, 0.05) is 13.0 Å². The molecule has 4 heteroatoms. The highest BCUT2D eigenvalue weighted by molar-refractivity contribution is 7.80. The molecule has 2 nitrogen and oxygen atoms in total. The smallest absolute Gasteiger partial charge is 0.180 e. The molecule has 0 aromatic heterocycles. The molecule has 0 N–H and O–H groups in total. The quantitative estimate of drug-likeness (QED) is 0.365. The van der Waals surface area contributed by atoms with Gasteiger partial charge in [-0.1, -0.05) is 19.8 Å². The van der Waals surface area contributed by atoms with Crippen LogP contribution in [0.1, 0.15) is 39.5 Å². The molecule has 90 valence electrons. The number of carbonyl (C=O) groups is 1. The molecule has 0 aliphatic rings. The SMILES string of the molecule is CCCC(CC=O)[SiH](CCCS)OCC. The van der Waals surface area contributed by atoms with E-state index in [9.17, 15) is 4.79 Å². The van der Waals surface area contributed by atoms with Crippen LogP contribution in [0.15, 0.2) is 0 Å². The van der Waals surface area contributed by atoms with E-state index in [1.54, 1.807) is 0 Å². The standard InChI is InChI=1S/C11H24O2SSi/c1-3-6-11(7-8-12)15(13-4-2)10-5-9-14/h8,11,14-15H,3-7,9-10H2,1-2H3. The maximum atomic E-state index is 10.6. The van der Waals surface area contributed by atoms with E-state index in [2.05, 4.69) is 19.6 Å². The number of aldehydes is 1. The molecule has 2 unspecified atom stereocenters. The first kappa shape index (κ1) is 15.2. The van der Waals surface area contributed by atoms with Crippen molar-refractivity contribution < 1.29 is 9.22 Å². The molecule has 0 radical (unpaired) electrons. The molecule has 0 fully saturated rings. The Morgan fingerprint density at radius 2 is 2.20 bits per heavy atom. The minimum atomic E-state index is -1.18. The molecule has 0 aromatic rings. The minimum absolute atomic E-state index is 0.535. The number of hydrogen-bond donors (Lipinski definition) is 1. The molecular weight excluding hydrogens is 224 g/mol. The number of carbonyl (C=O) groups excluding carboxylic acids is 1. The molecule has 0 amide bonds. The summed E-state index contributed by atoms with van der Waals surface area (Å²) in [6, 6.07) is 1.16. The van der Waals surface area contributed by atoms with Crippen LogP contribution in [-0.4, -0.2) is 27.7 Å². The average Bonchev–Trinajstić information content (AvgIpc) is 2.24. The third-order valence-corrected chi connectivity index (χ3v) is 6.32. The van der Waals surface area contributed by atoms with Gasteiger partial charge in [0.1, 0.15) is 6.29 Å². The molecule has 0 aromatic carbocycles. The van der Waals surface area contributed by atoms with Crippen LogP contribution in [0.25, 0.3) is 0 Å². The second-order valence-electron chi connectivity index (χ2n) is 3.81. The number of thiol groups is 1. The van der Waals surface area contributed by atoms with Crippen molar-refractivity contribution in [2.45, 2.75) is 51.1 Å². The van der Waals surface area contributed by atoms with Crippen LogP contribution < -0.4 is 0 Å². The molecule has 0 heterocycles. The van der Waals surface area contributed by atoms with Gasteiger partial charge in [0.25, 0.3) is 0 Å². The molecule has 0 aliphatic heterocycles. The zero-order valence-corrected chi connectivity index (χ0v) is 12.0. The molecule has 0 rings (SSSR count). The van der Waals surface area contributed by atoms with Crippen LogP contribution in [-0.2, 0) is 9.22 Å². The van der Waals surface area contributed by atoms with Crippen LogP contribution in [0.2, 0.25) is 11.6 Å². The molecule has 0 saturated heterocycles. The third kappa shape index (κ3) is 7.14. The van der Waals surface area contributed by atoms with E-state index in [4.69, 9.17) is 4.43 Å². The highest BCUT2D eigenvalue weighted by Gasteiger charge is 2.22. The predicted molar refractivity (Wildman–Crippen MR) is 71.4 cm³/mol. The van der Waals surface area contributed by atoms with Crippen LogP contribution >= 0.6 is 12.6 Å². The lowest BCUT2D eigenvalue weighted by atomic mass is 10.2. The molecule has 0 saturated carbocycles. The van der Waals surface area contributed by atoms with Gasteiger partial charge in [0.2, 0.25) is 0 Å². The zero-order valence-electron chi connectivity index (χ0n) is 9.95. The summed E-state index contributed by atoms with van der Waals surface area (Å²) in [6.07, 6.45) is 5.16. The molecule has 0 aliphatic carbocycles. The largest absolute Gasteiger partial charge is 0.420 e. The summed E-state index contributed by atoms with van der Waals surface area (Å²) in [6.45, 7) is 5.01. The van der Waals surface area contributed by atoms with Crippen molar-refractivity contribution in [2.24, 2.45) is 0 Å². The molecule has 2 atom stereocenters. The van der Waals surface area contributed by atoms with Crippen molar-refractivity contribution in [2.75, 3.05) is 12.4 Å². The second kappa shape index (κ2) is 10.7. The van der Waals surface area contributed by atoms with Crippen molar-refractivity contribution in [1.29, 1.82) is 0 Å². The van der Waals surface area contributed by atoms with E-state index in [0.29, 0.717) is 12.0 Å². The first-order chi connectivity index (χ1) is 7.29. The summed E-state index contributed by atoms with van der Waals surface area (Å²) < 4.78 is 5.86. The summed E-state index contributed by atoms with van der Waals surface area (Å²) in [7, 11) is -1.18. The summed E-state index contributed by atoms with van der Waals surface area (Å²) >= 11 is 4.23. The Labute approximate surface area is 101 Å². The van der Waals surface area contributed by atoms with E-state index < -0.39 is 9.04 Å². The van der Waals surface area contributed by atoms with Gasteiger partial charge in [-0.2, -0.15) is 12.6 Å². The van der Waals surface area contributed by atoms with E-state index in [1.165, 1.54) is 0 Å². The average molecular weight is 248 g/mol. The molecule has 0 bridgehead atoms. The van der Waals surface area contributed by atoms with Gasteiger partial charge < -0.3 is 9.22 Å². The lowest BCUT2D eigenvalue weighted by Gasteiger charge is -2.23.